The minimum atomic E-state index is -5.15. The first-order chi connectivity index (χ1) is 7.71. The van der Waals surface area contributed by atoms with Gasteiger partial charge in [0.1, 0.15) is 11.4 Å². The van der Waals surface area contributed by atoms with Crippen LogP contribution in [-0.4, -0.2) is 22.1 Å². The van der Waals surface area contributed by atoms with Crippen LogP contribution in [0.1, 0.15) is 0 Å². The molecule has 1 amide bonds. The molecule has 0 spiro atoms. The third-order valence-electron chi connectivity index (χ3n) is 1.68. The number of halogens is 3. The van der Waals surface area contributed by atoms with E-state index in [1.165, 1.54) is 5.32 Å². The van der Waals surface area contributed by atoms with Crippen molar-refractivity contribution in [2.24, 2.45) is 0 Å². The van der Waals surface area contributed by atoms with Crippen molar-refractivity contribution < 1.29 is 28.0 Å². The molecule has 17 heavy (non-hydrogen) atoms. The molecular weight excluding hydrogens is 245 g/mol. The molecule has 1 rings (SSSR count). The van der Waals surface area contributed by atoms with Crippen molar-refractivity contribution in [2.45, 2.75) is 6.18 Å². The predicted octanol–water partition coefficient (Wildman–Crippen LogP) is 1.80. The van der Waals surface area contributed by atoms with Crippen LogP contribution < -0.4 is 5.32 Å². The van der Waals surface area contributed by atoms with Crippen molar-refractivity contribution in [1.29, 1.82) is 0 Å². The Labute approximate surface area is 91.8 Å². The molecule has 1 aromatic carbocycles. The summed E-state index contributed by atoms with van der Waals surface area (Å²) in [5.41, 5.74) is -1.47. The maximum absolute atomic E-state index is 11.9. The number of aromatic hydroxyl groups is 1. The van der Waals surface area contributed by atoms with Crippen LogP contribution in [0.3, 0.4) is 0 Å². The van der Waals surface area contributed by atoms with Crippen molar-refractivity contribution in [1.82, 2.24) is 0 Å². The Hall–Kier alpha value is -2.32. The molecule has 0 saturated heterocycles. The first kappa shape index (κ1) is 12.7. The molecule has 0 saturated carbocycles. The van der Waals surface area contributed by atoms with E-state index in [4.69, 9.17) is 5.11 Å². The lowest BCUT2D eigenvalue weighted by atomic mass is 10.2. The highest BCUT2D eigenvalue weighted by Crippen LogP contribution is 2.29. The van der Waals surface area contributed by atoms with Gasteiger partial charge in [-0.05, 0) is 12.1 Å². The summed E-state index contributed by atoms with van der Waals surface area (Å²) in [5.74, 6) is -2.83. The SMILES string of the molecule is O=C(Nc1ccc(O)cc1[N+](=O)[O-])C(F)(F)F. The van der Waals surface area contributed by atoms with E-state index in [-0.39, 0.29) is 0 Å². The molecule has 0 fully saturated rings. The van der Waals surface area contributed by atoms with E-state index in [1.807, 2.05) is 0 Å². The van der Waals surface area contributed by atoms with Gasteiger partial charge in [-0.1, -0.05) is 0 Å². The average molecular weight is 250 g/mol. The van der Waals surface area contributed by atoms with Gasteiger partial charge in [0, 0.05) is 0 Å². The van der Waals surface area contributed by atoms with Crippen LogP contribution in [0.5, 0.6) is 5.75 Å². The Bertz CT molecular complexity index is 472. The van der Waals surface area contributed by atoms with Gasteiger partial charge in [-0.15, -0.1) is 0 Å². The molecule has 92 valence electrons. The molecule has 9 heteroatoms. The number of hydrogen-bond donors (Lipinski definition) is 2. The van der Waals surface area contributed by atoms with Crippen molar-refractivity contribution in [2.75, 3.05) is 5.32 Å². The van der Waals surface area contributed by atoms with E-state index in [9.17, 15) is 28.1 Å². The molecule has 0 heterocycles. The lowest BCUT2D eigenvalue weighted by Crippen LogP contribution is -2.30. The quantitative estimate of drug-likeness (QED) is 0.475. The fourth-order valence-corrected chi connectivity index (χ4v) is 0.970. The van der Waals surface area contributed by atoms with Crippen molar-refractivity contribution >= 4 is 17.3 Å². The number of nitro groups is 1. The summed E-state index contributed by atoms with van der Waals surface area (Å²) in [4.78, 5) is 20.0. The van der Waals surface area contributed by atoms with Crippen molar-refractivity contribution in [3.8, 4) is 5.75 Å². The van der Waals surface area contributed by atoms with Gasteiger partial charge in [0.25, 0.3) is 5.69 Å². The number of nitrogens with zero attached hydrogens (tertiary/aromatic N) is 1. The molecule has 6 nitrogen and oxygen atoms in total. The Morgan fingerprint density at radius 2 is 2.00 bits per heavy atom. The van der Waals surface area contributed by atoms with E-state index >= 15 is 0 Å². The second-order valence-corrected chi connectivity index (χ2v) is 2.91. The monoisotopic (exact) mass is 250 g/mol. The third-order valence-corrected chi connectivity index (χ3v) is 1.68. The largest absolute Gasteiger partial charge is 0.508 e. The normalized spacial score (nSPS) is 11.0. The van der Waals surface area contributed by atoms with Crippen LogP contribution in [0.15, 0.2) is 18.2 Å². The molecule has 0 aliphatic rings. The van der Waals surface area contributed by atoms with E-state index in [0.717, 1.165) is 12.1 Å². The number of nitro benzene ring substituents is 1. The fourth-order valence-electron chi connectivity index (χ4n) is 0.970. The Morgan fingerprint density at radius 3 is 2.47 bits per heavy atom. The number of rotatable bonds is 2. The van der Waals surface area contributed by atoms with Crippen LogP contribution in [-0.2, 0) is 4.79 Å². The maximum Gasteiger partial charge on any atom is 0.471 e. The van der Waals surface area contributed by atoms with Gasteiger partial charge in [-0.3, -0.25) is 14.9 Å². The number of phenolic OH excluding ortho intramolecular Hbond substituents is 1. The van der Waals surface area contributed by atoms with Gasteiger partial charge in [0.2, 0.25) is 0 Å². The first-order valence-electron chi connectivity index (χ1n) is 4.07. The number of phenols is 1. The van der Waals surface area contributed by atoms with Crippen LogP contribution in [0, 0.1) is 10.1 Å². The highest BCUT2D eigenvalue weighted by Gasteiger charge is 2.39. The summed E-state index contributed by atoms with van der Waals surface area (Å²) in [7, 11) is 0. The van der Waals surface area contributed by atoms with Gasteiger partial charge in [-0.2, -0.15) is 13.2 Å². The molecule has 0 bridgehead atoms. The second-order valence-electron chi connectivity index (χ2n) is 2.91. The number of nitrogens with one attached hydrogen (secondary N) is 1. The number of alkyl halides is 3. The van der Waals surface area contributed by atoms with Gasteiger partial charge in [-0.25, -0.2) is 0 Å². The van der Waals surface area contributed by atoms with E-state index in [2.05, 4.69) is 0 Å². The summed E-state index contributed by atoms with van der Waals surface area (Å²) < 4.78 is 35.7. The zero-order valence-corrected chi connectivity index (χ0v) is 7.99. The smallest absolute Gasteiger partial charge is 0.471 e. The van der Waals surface area contributed by atoms with Crippen LogP contribution in [0.4, 0.5) is 24.5 Å². The Morgan fingerprint density at radius 1 is 1.41 bits per heavy atom. The van der Waals surface area contributed by atoms with Crippen molar-refractivity contribution in [3.05, 3.63) is 28.3 Å². The standard InChI is InChI=1S/C8H5F3N2O4/c9-8(10,11)7(15)12-5-2-1-4(14)3-6(5)13(16)17/h1-3,14H,(H,12,15). The number of carbonyl (C=O) groups is 1. The van der Waals surface area contributed by atoms with Crippen LogP contribution in [0.25, 0.3) is 0 Å². The molecule has 2 N–H and O–H groups in total. The molecule has 0 aliphatic carbocycles. The number of hydrogen-bond acceptors (Lipinski definition) is 4. The van der Waals surface area contributed by atoms with Gasteiger partial charge in [0.05, 0.1) is 11.0 Å². The zero-order valence-electron chi connectivity index (χ0n) is 7.99. The highest BCUT2D eigenvalue weighted by molar-refractivity contribution is 5.96. The van der Waals surface area contributed by atoms with E-state index in [0.29, 0.717) is 6.07 Å². The molecule has 0 atom stereocenters. The topological polar surface area (TPSA) is 92.5 Å². The van der Waals surface area contributed by atoms with Crippen LogP contribution in [0.2, 0.25) is 0 Å². The van der Waals surface area contributed by atoms with Crippen molar-refractivity contribution in [3.63, 3.8) is 0 Å². The summed E-state index contributed by atoms with van der Waals surface area (Å²) >= 11 is 0. The Kier molecular flexibility index (Phi) is 3.21. The van der Waals surface area contributed by atoms with Gasteiger partial charge >= 0.3 is 12.1 Å². The number of benzene rings is 1. The molecule has 0 unspecified atom stereocenters. The number of amides is 1. The fraction of sp³-hybridized carbons (Fsp3) is 0.125. The Balaban J connectivity index is 3.07. The lowest BCUT2D eigenvalue weighted by molar-refractivity contribution is -0.384. The number of anilines is 1. The number of carbonyl (C=O) groups excluding carboxylic acids is 1. The second kappa shape index (κ2) is 4.28. The lowest BCUT2D eigenvalue weighted by Gasteiger charge is -2.08. The van der Waals surface area contributed by atoms with Gasteiger partial charge < -0.3 is 10.4 Å². The molecule has 0 radical (unpaired) electrons. The molecule has 1 aromatic rings. The zero-order chi connectivity index (χ0) is 13.2. The summed E-state index contributed by atoms with van der Waals surface area (Å²) in [6.45, 7) is 0. The minimum absolute atomic E-state index is 0.498. The maximum atomic E-state index is 11.9. The summed E-state index contributed by atoms with van der Waals surface area (Å²) in [5, 5.41) is 20.8. The van der Waals surface area contributed by atoms with Gasteiger partial charge in [0.15, 0.2) is 0 Å². The van der Waals surface area contributed by atoms with E-state index in [1.54, 1.807) is 0 Å². The molecule has 0 aliphatic heterocycles. The molecular formula is C8H5F3N2O4. The highest BCUT2D eigenvalue weighted by atomic mass is 19.4. The first-order valence-corrected chi connectivity index (χ1v) is 4.07. The average Bonchev–Trinajstić information content (AvgIpc) is 2.18. The summed E-state index contributed by atoms with van der Waals surface area (Å²) in [6.07, 6.45) is -5.15. The summed E-state index contributed by atoms with van der Waals surface area (Å²) in [6, 6.07) is 2.35. The third kappa shape index (κ3) is 3.06. The van der Waals surface area contributed by atoms with E-state index < -0.39 is 34.1 Å². The van der Waals surface area contributed by atoms with Crippen LogP contribution >= 0.6 is 0 Å². The molecule has 0 aromatic heterocycles. The minimum Gasteiger partial charge on any atom is -0.508 e. The predicted molar refractivity (Wildman–Crippen MR) is 49.4 cm³/mol.